The van der Waals surface area contributed by atoms with Gasteiger partial charge in [0.2, 0.25) is 0 Å². The molecule has 32 heavy (non-hydrogen) atoms. The van der Waals surface area contributed by atoms with Crippen LogP contribution in [0.5, 0.6) is 5.75 Å². The molecule has 4 aromatic rings. The number of hydrogen-bond donors (Lipinski definition) is 0. The Kier molecular flexibility index (Phi) is 6.31. The van der Waals surface area contributed by atoms with E-state index in [0.29, 0.717) is 6.61 Å². The van der Waals surface area contributed by atoms with Crippen LogP contribution in [0.25, 0.3) is 11.3 Å². The van der Waals surface area contributed by atoms with Crippen LogP contribution >= 0.6 is 0 Å². The second-order valence-electron chi connectivity index (χ2n) is 9.16. The third-order valence-electron chi connectivity index (χ3n) is 5.53. The van der Waals surface area contributed by atoms with E-state index < -0.39 is 0 Å². The summed E-state index contributed by atoms with van der Waals surface area (Å²) < 4.78 is 5.92. The summed E-state index contributed by atoms with van der Waals surface area (Å²) in [7, 11) is 0. The molecule has 0 saturated carbocycles. The van der Waals surface area contributed by atoms with Gasteiger partial charge >= 0.3 is 0 Å². The third kappa shape index (κ3) is 5.20. The van der Waals surface area contributed by atoms with Gasteiger partial charge in [-0.25, -0.2) is 0 Å². The maximum Gasteiger partial charge on any atom is 0.130 e. The minimum absolute atomic E-state index is 0.0571. The van der Waals surface area contributed by atoms with E-state index in [0.717, 1.165) is 28.4 Å². The van der Waals surface area contributed by atoms with Gasteiger partial charge in [-0.05, 0) is 59.9 Å². The van der Waals surface area contributed by atoms with Gasteiger partial charge in [-0.15, -0.1) is 0 Å². The molecule has 1 atom stereocenters. The van der Waals surface area contributed by atoms with Crippen molar-refractivity contribution in [3.63, 3.8) is 0 Å². The summed E-state index contributed by atoms with van der Waals surface area (Å²) >= 11 is 0. The fraction of sp³-hybridized carbons (Fsp3) is 0.250. The fourth-order valence-corrected chi connectivity index (χ4v) is 3.99. The van der Waals surface area contributed by atoms with Gasteiger partial charge < -0.3 is 4.74 Å². The van der Waals surface area contributed by atoms with Crippen molar-refractivity contribution >= 4 is 0 Å². The number of ether oxygens (including phenoxy) is 1. The SMILES string of the molecule is Cc1ccc(-c2ccc(C(c3ccc(OCc4ccccn4)cc3)C(C)(C)C)cc2)nn1. The summed E-state index contributed by atoms with van der Waals surface area (Å²) in [6.07, 6.45) is 1.78. The third-order valence-corrected chi connectivity index (χ3v) is 5.53. The zero-order valence-electron chi connectivity index (χ0n) is 19.1. The van der Waals surface area contributed by atoms with Crippen LogP contribution in [-0.2, 0) is 6.61 Å². The first-order chi connectivity index (χ1) is 15.4. The summed E-state index contributed by atoms with van der Waals surface area (Å²) in [5, 5.41) is 8.49. The predicted molar refractivity (Wildman–Crippen MR) is 129 cm³/mol. The zero-order valence-corrected chi connectivity index (χ0v) is 19.1. The molecule has 0 spiro atoms. The molecule has 0 fully saturated rings. The van der Waals surface area contributed by atoms with E-state index in [1.165, 1.54) is 11.1 Å². The molecule has 0 radical (unpaired) electrons. The Labute approximate surface area is 190 Å². The molecule has 4 heteroatoms. The van der Waals surface area contributed by atoms with Crippen LogP contribution in [0, 0.1) is 12.3 Å². The number of benzene rings is 2. The lowest BCUT2D eigenvalue weighted by molar-refractivity contribution is 0.301. The summed E-state index contributed by atoms with van der Waals surface area (Å²) in [6, 6.07) is 27.0. The predicted octanol–water partition coefficient (Wildman–Crippen LogP) is 6.60. The van der Waals surface area contributed by atoms with E-state index in [-0.39, 0.29) is 11.3 Å². The standard InChI is InChI=1S/C28H29N3O/c1-20-8-17-26(31-30-20)21-9-11-22(12-10-21)27(28(2,3)4)23-13-15-25(16-14-23)32-19-24-7-5-6-18-29-24/h5-18,27H,19H2,1-4H3. The molecule has 0 saturated heterocycles. The van der Waals surface area contributed by atoms with Crippen molar-refractivity contribution < 1.29 is 4.74 Å². The number of nitrogens with zero attached hydrogens (tertiary/aromatic N) is 3. The minimum atomic E-state index is 0.0571. The van der Waals surface area contributed by atoms with Crippen LogP contribution < -0.4 is 4.74 Å². The van der Waals surface area contributed by atoms with Crippen molar-refractivity contribution in [1.82, 2.24) is 15.2 Å². The molecular formula is C28H29N3O. The average Bonchev–Trinajstić information content (AvgIpc) is 2.80. The molecule has 162 valence electrons. The molecule has 0 N–H and O–H groups in total. The molecule has 0 aliphatic carbocycles. The molecular weight excluding hydrogens is 394 g/mol. The molecule has 2 aromatic carbocycles. The largest absolute Gasteiger partial charge is 0.487 e. The first kappa shape index (κ1) is 21.7. The molecule has 1 unspecified atom stereocenters. The molecule has 4 rings (SSSR count). The van der Waals surface area contributed by atoms with E-state index in [1.807, 2.05) is 49.4 Å². The van der Waals surface area contributed by atoms with Crippen molar-refractivity contribution in [1.29, 1.82) is 0 Å². The van der Waals surface area contributed by atoms with Gasteiger partial charge in [0, 0.05) is 17.7 Å². The van der Waals surface area contributed by atoms with Crippen molar-refractivity contribution in [2.24, 2.45) is 5.41 Å². The van der Waals surface area contributed by atoms with E-state index in [4.69, 9.17) is 4.74 Å². The van der Waals surface area contributed by atoms with E-state index in [2.05, 4.69) is 72.4 Å². The van der Waals surface area contributed by atoms with Crippen LogP contribution in [-0.4, -0.2) is 15.2 Å². The van der Waals surface area contributed by atoms with Gasteiger partial charge in [-0.2, -0.15) is 10.2 Å². The number of hydrogen-bond acceptors (Lipinski definition) is 4. The fourth-order valence-electron chi connectivity index (χ4n) is 3.99. The normalized spacial score (nSPS) is 12.4. The van der Waals surface area contributed by atoms with Crippen LogP contribution in [0.15, 0.2) is 85.1 Å². The smallest absolute Gasteiger partial charge is 0.130 e. The van der Waals surface area contributed by atoms with E-state index in [9.17, 15) is 0 Å². The number of aryl methyl sites for hydroxylation is 1. The van der Waals surface area contributed by atoms with Gasteiger partial charge in [0.15, 0.2) is 0 Å². The lowest BCUT2D eigenvalue weighted by Gasteiger charge is -2.32. The Balaban J connectivity index is 1.54. The quantitative estimate of drug-likeness (QED) is 0.350. The van der Waals surface area contributed by atoms with Crippen LogP contribution in [0.4, 0.5) is 0 Å². The second kappa shape index (κ2) is 9.31. The summed E-state index contributed by atoms with van der Waals surface area (Å²) in [5.74, 6) is 1.10. The van der Waals surface area contributed by atoms with Gasteiger partial charge in [-0.1, -0.05) is 63.2 Å². The van der Waals surface area contributed by atoms with Crippen molar-refractivity contribution in [2.45, 2.75) is 40.2 Å². The van der Waals surface area contributed by atoms with Gasteiger partial charge in [-0.3, -0.25) is 4.98 Å². The minimum Gasteiger partial charge on any atom is -0.487 e. The Bertz CT molecular complexity index is 1130. The molecule has 2 aromatic heterocycles. The number of aromatic nitrogens is 3. The topological polar surface area (TPSA) is 47.9 Å². The summed E-state index contributed by atoms with van der Waals surface area (Å²) in [4.78, 5) is 4.31. The van der Waals surface area contributed by atoms with E-state index in [1.54, 1.807) is 6.20 Å². The maximum absolute atomic E-state index is 5.92. The molecule has 0 aliphatic rings. The van der Waals surface area contributed by atoms with Crippen LogP contribution in [0.1, 0.15) is 49.2 Å². The highest BCUT2D eigenvalue weighted by molar-refractivity contribution is 5.59. The highest BCUT2D eigenvalue weighted by atomic mass is 16.5. The van der Waals surface area contributed by atoms with Crippen LogP contribution in [0.2, 0.25) is 0 Å². The van der Waals surface area contributed by atoms with Crippen LogP contribution in [0.3, 0.4) is 0 Å². The van der Waals surface area contributed by atoms with E-state index >= 15 is 0 Å². The monoisotopic (exact) mass is 423 g/mol. The summed E-state index contributed by atoms with van der Waals surface area (Å²) in [5.41, 5.74) is 6.42. The number of pyridine rings is 1. The first-order valence-electron chi connectivity index (χ1n) is 10.9. The lowest BCUT2D eigenvalue weighted by Crippen LogP contribution is -2.19. The second-order valence-corrected chi connectivity index (χ2v) is 9.16. The average molecular weight is 424 g/mol. The summed E-state index contributed by atoms with van der Waals surface area (Å²) in [6.45, 7) is 9.25. The molecule has 2 heterocycles. The Morgan fingerprint density at radius 2 is 1.47 bits per heavy atom. The van der Waals surface area contributed by atoms with Gasteiger partial charge in [0.25, 0.3) is 0 Å². The Morgan fingerprint density at radius 1 is 0.781 bits per heavy atom. The van der Waals surface area contributed by atoms with Crippen molar-refractivity contribution in [3.8, 4) is 17.0 Å². The molecule has 4 nitrogen and oxygen atoms in total. The maximum atomic E-state index is 5.92. The Morgan fingerprint density at radius 3 is 2.03 bits per heavy atom. The lowest BCUT2D eigenvalue weighted by atomic mass is 9.72. The Hall–Kier alpha value is -3.53. The molecule has 0 amide bonds. The number of rotatable bonds is 6. The van der Waals surface area contributed by atoms with Crippen molar-refractivity contribution in [2.75, 3.05) is 0 Å². The van der Waals surface area contributed by atoms with Gasteiger partial charge in [0.05, 0.1) is 17.1 Å². The molecule has 0 bridgehead atoms. The van der Waals surface area contributed by atoms with Crippen molar-refractivity contribution in [3.05, 3.63) is 108 Å². The zero-order chi connectivity index (χ0) is 22.6. The highest BCUT2D eigenvalue weighted by Gasteiger charge is 2.28. The highest BCUT2D eigenvalue weighted by Crippen LogP contribution is 2.41. The first-order valence-corrected chi connectivity index (χ1v) is 10.9. The molecule has 0 aliphatic heterocycles. The van der Waals surface area contributed by atoms with Gasteiger partial charge in [0.1, 0.15) is 12.4 Å².